The molecule has 0 unspecified atom stereocenters. The van der Waals surface area contributed by atoms with Crippen LogP contribution >= 0.6 is 11.3 Å². The first-order valence-corrected chi connectivity index (χ1v) is 6.79. The standard InChI is InChI=1S/C13H12N4O2S/c1-7-11(20-10(6-14)15-7)13-16-12(17-19-13)8-3-2-4-9(18)5-8/h2-5,18H,6,14H2,1H3. The van der Waals surface area contributed by atoms with E-state index in [0.29, 0.717) is 23.8 Å². The van der Waals surface area contributed by atoms with Crippen LogP contribution in [-0.2, 0) is 6.54 Å². The molecule has 0 aliphatic rings. The average Bonchev–Trinajstić information content (AvgIpc) is 3.05. The third-order valence-electron chi connectivity index (χ3n) is 2.74. The number of rotatable bonds is 3. The molecular weight excluding hydrogens is 276 g/mol. The number of hydrogen-bond donors (Lipinski definition) is 2. The molecule has 0 amide bonds. The van der Waals surface area contributed by atoms with Crippen LogP contribution in [0.4, 0.5) is 0 Å². The minimum absolute atomic E-state index is 0.160. The summed E-state index contributed by atoms with van der Waals surface area (Å²) in [6.07, 6.45) is 0. The summed E-state index contributed by atoms with van der Waals surface area (Å²) < 4.78 is 5.27. The minimum Gasteiger partial charge on any atom is -0.508 e. The van der Waals surface area contributed by atoms with Gasteiger partial charge in [0.05, 0.1) is 5.69 Å². The van der Waals surface area contributed by atoms with Crippen molar-refractivity contribution in [3.8, 4) is 27.9 Å². The van der Waals surface area contributed by atoms with Gasteiger partial charge < -0.3 is 15.4 Å². The first-order valence-electron chi connectivity index (χ1n) is 5.97. The molecule has 1 aromatic carbocycles. The van der Waals surface area contributed by atoms with Gasteiger partial charge in [-0.25, -0.2) is 4.98 Å². The molecule has 0 spiro atoms. The van der Waals surface area contributed by atoms with E-state index in [9.17, 15) is 5.11 Å². The number of nitrogens with two attached hydrogens (primary N) is 1. The number of phenolic OH excluding ortho intramolecular Hbond substituents is 1. The summed E-state index contributed by atoms with van der Waals surface area (Å²) >= 11 is 1.44. The Morgan fingerprint density at radius 2 is 2.20 bits per heavy atom. The van der Waals surface area contributed by atoms with Crippen LogP contribution in [0.2, 0.25) is 0 Å². The van der Waals surface area contributed by atoms with E-state index >= 15 is 0 Å². The lowest BCUT2D eigenvalue weighted by Crippen LogP contribution is -1.94. The summed E-state index contributed by atoms with van der Waals surface area (Å²) in [6, 6.07) is 6.70. The highest BCUT2D eigenvalue weighted by Crippen LogP contribution is 2.30. The zero-order valence-corrected chi connectivity index (χ0v) is 11.5. The van der Waals surface area contributed by atoms with Gasteiger partial charge >= 0.3 is 0 Å². The third-order valence-corrected chi connectivity index (χ3v) is 3.91. The summed E-state index contributed by atoms with van der Waals surface area (Å²) in [5.41, 5.74) is 7.09. The van der Waals surface area contributed by atoms with Crippen molar-refractivity contribution < 1.29 is 9.63 Å². The first kappa shape index (κ1) is 12.8. The fourth-order valence-corrected chi connectivity index (χ4v) is 2.68. The molecule has 0 atom stereocenters. The number of benzene rings is 1. The van der Waals surface area contributed by atoms with Crippen molar-refractivity contribution in [1.82, 2.24) is 15.1 Å². The second kappa shape index (κ2) is 5.03. The lowest BCUT2D eigenvalue weighted by atomic mass is 10.2. The van der Waals surface area contributed by atoms with Gasteiger partial charge in [0, 0.05) is 12.1 Å². The number of aryl methyl sites for hydroxylation is 1. The summed E-state index contributed by atoms with van der Waals surface area (Å²) in [4.78, 5) is 9.49. The Hall–Kier alpha value is -2.25. The van der Waals surface area contributed by atoms with Crippen LogP contribution < -0.4 is 5.73 Å². The Labute approximate surface area is 118 Å². The van der Waals surface area contributed by atoms with Gasteiger partial charge in [-0.05, 0) is 19.1 Å². The molecule has 102 valence electrons. The van der Waals surface area contributed by atoms with Crippen LogP contribution in [0.3, 0.4) is 0 Å². The molecule has 3 N–H and O–H groups in total. The number of aromatic hydroxyl groups is 1. The molecule has 2 aromatic heterocycles. The zero-order chi connectivity index (χ0) is 14.1. The number of thiazole rings is 1. The predicted molar refractivity (Wildman–Crippen MR) is 75.1 cm³/mol. The van der Waals surface area contributed by atoms with Gasteiger partial charge in [0.15, 0.2) is 0 Å². The summed E-state index contributed by atoms with van der Waals surface area (Å²) in [7, 11) is 0. The Balaban J connectivity index is 1.99. The normalized spacial score (nSPS) is 10.9. The molecule has 0 radical (unpaired) electrons. The molecule has 7 heteroatoms. The van der Waals surface area contributed by atoms with E-state index in [1.165, 1.54) is 11.3 Å². The smallest absolute Gasteiger partial charge is 0.270 e. The van der Waals surface area contributed by atoms with Crippen molar-refractivity contribution in [3.63, 3.8) is 0 Å². The molecule has 0 fully saturated rings. The van der Waals surface area contributed by atoms with Crippen molar-refractivity contribution in [2.45, 2.75) is 13.5 Å². The lowest BCUT2D eigenvalue weighted by molar-refractivity contribution is 0.433. The SMILES string of the molecule is Cc1nc(CN)sc1-c1nc(-c2cccc(O)c2)no1. The molecule has 6 nitrogen and oxygen atoms in total. The minimum atomic E-state index is 0.160. The summed E-state index contributed by atoms with van der Waals surface area (Å²) in [6.45, 7) is 2.27. The molecule has 3 rings (SSSR count). The van der Waals surface area contributed by atoms with E-state index in [1.807, 2.05) is 6.92 Å². The van der Waals surface area contributed by atoms with Crippen molar-refractivity contribution >= 4 is 11.3 Å². The molecule has 0 saturated carbocycles. The Morgan fingerprint density at radius 1 is 1.35 bits per heavy atom. The maximum Gasteiger partial charge on any atom is 0.270 e. The van der Waals surface area contributed by atoms with Crippen LogP contribution in [0.1, 0.15) is 10.7 Å². The summed E-state index contributed by atoms with van der Waals surface area (Å²) in [5, 5.41) is 14.2. The van der Waals surface area contributed by atoms with Crippen LogP contribution in [-0.4, -0.2) is 20.2 Å². The fourth-order valence-electron chi connectivity index (χ4n) is 1.82. The van der Waals surface area contributed by atoms with Crippen LogP contribution in [0.25, 0.3) is 22.2 Å². The second-order valence-corrected chi connectivity index (χ2v) is 5.28. The molecule has 0 bridgehead atoms. The van der Waals surface area contributed by atoms with Gasteiger partial charge in [-0.1, -0.05) is 17.3 Å². The first-order chi connectivity index (χ1) is 9.67. The monoisotopic (exact) mass is 288 g/mol. The van der Waals surface area contributed by atoms with E-state index < -0.39 is 0 Å². The van der Waals surface area contributed by atoms with Crippen molar-refractivity contribution in [2.24, 2.45) is 5.73 Å². The van der Waals surface area contributed by atoms with Gasteiger partial charge in [-0.15, -0.1) is 11.3 Å². The van der Waals surface area contributed by atoms with Crippen molar-refractivity contribution in [3.05, 3.63) is 35.0 Å². The van der Waals surface area contributed by atoms with E-state index in [1.54, 1.807) is 24.3 Å². The highest BCUT2D eigenvalue weighted by molar-refractivity contribution is 7.15. The van der Waals surface area contributed by atoms with Gasteiger partial charge in [0.2, 0.25) is 5.82 Å². The Bertz CT molecular complexity index is 750. The predicted octanol–water partition coefficient (Wildman–Crippen LogP) is 2.33. The van der Waals surface area contributed by atoms with Crippen LogP contribution in [0.5, 0.6) is 5.75 Å². The lowest BCUT2D eigenvalue weighted by Gasteiger charge is -1.94. The average molecular weight is 288 g/mol. The molecule has 0 aliphatic carbocycles. The van der Waals surface area contributed by atoms with Gasteiger partial charge in [-0.3, -0.25) is 0 Å². The molecule has 0 saturated heterocycles. The van der Waals surface area contributed by atoms with Gasteiger partial charge in [0.1, 0.15) is 15.6 Å². The van der Waals surface area contributed by atoms with E-state index in [4.69, 9.17) is 10.3 Å². The molecular formula is C13H12N4O2S. The van der Waals surface area contributed by atoms with E-state index in [0.717, 1.165) is 15.6 Å². The number of nitrogens with zero attached hydrogens (tertiary/aromatic N) is 3. The highest BCUT2D eigenvalue weighted by Gasteiger charge is 2.16. The largest absolute Gasteiger partial charge is 0.508 e. The number of phenols is 1. The maximum absolute atomic E-state index is 9.47. The quantitative estimate of drug-likeness (QED) is 0.767. The Kier molecular flexibility index (Phi) is 3.21. The van der Waals surface area contributed by atoms with Crippen molar-refractivity contribution in [2.75, 3.05) is 0 Å². The third kappa shape index (κ3) is 2.28. The molecule has 2 heterocycles. The van der Waals surface area contributed by atoms with Gasteiger partial charge in [0.25, 0.3) is 5.89 Å². The molecule has 20 heavy (non-hydrogen) atoms. The molecule has 0 aliphatic heterocycles. The summed E-state index contributed by atoms with van der Waals surface area (Å²) in [5.74, 6) is 1.00. The van der Waals surface area contributed by atoms with Crippen molar-refractivity contribution in [1.29, 1.82) is 0 Å². The zero-order valence-electron chi connectivity index (χ0n) is 10.7. The maximum atomic E-state index is 9.47. The van der Waals surface area contributed by atoms with E-state index in [2.05, 4.69) is 15.1 Å². The van der Waals surface area contributed by atoms with E-state index in [-0.39, 0.29) is 5.75 Å². The fraction of sp³-hybridized carbons (Fsp3) is 0.154. The van der Waals surface area contributed by atoms with Gasteiger partial charge in [-0.2, -0.15) is 4.98 Å². The number of hydrogen-bond acceptors (Lipinski definition) is 7. The van der Waals surface area contributed by atoms with Crippen LogP contribution in [0, 0.1) is 6.92 Å². The Morgan fingerprint density at radius 3 is 2.90 bits per heavy atom. The van der Waals surface area contributed by atoms with Crippen LogP contribution in [0.15, 0.2) is 28.8 Å². The second-order valence-electron chi connectivity index (χ2n) is 4.20. The highest BCUT2D eigenvalue weighted by atomic mass is 32.1. The topological polar surface area (TPSA) is 98.1 Å². The number of aromatic nitrogens is 3. The molecule has 3 aromatic rings.